The average Bonchev–Trinajstić information content (AvgIpc) is 2.79. The van der Waals surface area contributed by atoms with Gasteiger partial charge in [0.1, 0.15) is 13.2 Å². The summed E-state index contributed by atoms with van der Waals surface area (Å²) in [5.41, 5.74) is 11.9. The molecule has 0 unspecified atom stereocenters. The van der Waals surface area contributed by atoms with E-state index < -0.39 is 0 Å². The standard InChI is InChI=1S/C26H24N2O2/c1-19-12-13-22(16-24(19)27)23-14-15-25(29-17-20-8-4-2-5-9-20)28-26(23)30-18-21-10-6-3-7-11-21/h2-16H,17-18,27H2,1H3. The summed E-state index contributed by atoms with van der Waals surface area (Å²) in [5, 5.41) is 0. The van der Waals surface area contributed by atoms with Gasteiger partial charge >= 0.3 is 0 Å². The van der Waals surface area contributed by atoms with Crippen LogP contribution in [0.3, 0.4) is 0 Å². The lowest BCUT2D eigenvalue weighted by molar-refractivity contribution is 0.268. The zero-order chi connectivity index (χ0) is 20.8. The molecule has 0 atom stereocenters. The van der Waals surface area contributed by atoms with Crippen molar-refractivity contribution in [3.63, 3.8) is 0 Å². The SMILES string of the molecule is Cc1ccc(-c2ccc(OCc3ccccc3)nc2OCc2ccccc2)cc1N. The van der Waals surface area contributed by atoms with E-state index in [1.165, 1.54) is 0 Å². The van der Waals surface area contributed by atoms with Gasteiger partial charge < -0.3 is 15.2 Å². The van der Waals surface area contributed by atoms with Crippen LogP contribution in [0, 0.1) is 6.92 Å². The number of hydrogen-bond acceptors (Lipinski definition) is 4. The third-order valence-corrected chi connectivity index (χ3v) is 4.87. The van der Waals surface area contributed by atoms with E-state index >= 15 is 0 Å². The summed E-state index contributed by atoms with van der Waals surface area (Å²) in [6, 6.07) is 29.9. The van der Waals surface area contributed by atoms with Gasteiger partial charge in [-0.15, -0.1) is 0 Å². The first-order valence-electron chi connectivity index (χ1n) is 9.90. The minimum atomic E-state index is 0.421. The van der Waals surface area contributed by atoms with Gasteiger partial charge in [-0.3, -0.25) is 0 Å². The maximum atomic E-state index is 6.13. The Morgan fingerprint density at radius 3 is 2.00 bits per heavy atom. The van der Waals surface area contributed by atoms with E-state index in [0.29, 0.717) is 25.0 Å². The summed E-state index contributed by atoms with van der Waals surface area (Å²) in [7, 11) is 0. The highest BCUT2D eigenvalue weighted by Crippen LogP contribution is 2.33. The normalized spacial score (nSPS) is 10.6. The summed E-state index contributed by atoms with van der Waals surface area (Å²) in [5.74, 6) is 1.04. The number of nitrogens with two attached hydrogens (primary N) is 1. The predicted octanol–water partition coefficient (Wildman–Crippen LogP) is 5.80. The average molecular weight is 396 g/mol. The molecule has 0 saturated carbocycles. The molecule has 150 valence electrons. The fourth-order valence-electron chi connectivity index (χ4n) is 3.10. The number of ether oxygens (including phenoxy) is 2. The molecule has 1 heterocycles. The molecule has 0 fully saturated rings. The Morgan fingerprint density at radius 1 is 0.733 bits per heavy atom. The smallest absolute Gasteiger partial charge is 0.225 e. The quantitative estimate of drug-likeness (QED) is 0.401. The summed E-state index contributed by atoms with van der Waals surface area (Å²) in [6.45, 7) is 2.86. The predicted molar refractivity (Wildman–Crippen MR) is 120 cm³/mol. The molecule has 1 aromatic heterocycles. The third kappa shape index (κ3) is 4.78. The van der Waals surface area contributed by atoms with E-state index in [9.17, 15) is 0 Å². The molecule has 2 N–H and O–H groups in total. The van der Waals surface area contributed by atoms with Crippen molar-refractivity contribution in [2.24, 2.45) is 0 Å². The Morgan fingerprint density at radius 2 is 1.37 bits per heavy atom. The van der Waals surface area contributed by atoms with Crippen LogP contribution in [-0.4, -0.2) is 4.98 Å². The number of nitrogens with zero attached hydrogens (tertiary/aromatic N) is 1. The maximum absolute atomic E-state index is 6.13. The van der Waals surface area contributed by atoms with Crippen LogP contribution in [0.25, 0.3) is 11.1 Å². The molecule has 0 aliphatic heterocycles. The molecule has 0 bridgehead atoms. The van der Waals surface area contributed by atoms with Crippen LogP contribution in [-0.2, 0) is 13.2 Å². The van der Waals surface area contributed by atoms with E-state index in [0.717, 1.165) is 33.5 Å². The highest BCUT2D eigenvalue weighted by molar-refractivity contribution is 5.73. The van der Waals surface area contributed by atoms with Gasteiger partial charge in [0.05, 0.1) is 0 Å². The number of aryl methyl sites for hydroxylation is 1. The molecule has 0 spiro atoms. The summed E-state index contributed by atoms with van der Waals surface area (Å²) < 4.78 is 12.0. The van der Waals surface area contributed by atoms with Crippen LogP contribution < -0.4 is 15.2 Å². The van der Waals surface area contributed by atoms with Gasteiger partial charge in [-0.05, 0) is 41.3 Å². The van der Waals surface area contributed by atoms with Crippen molar-refractivity contribution >= 4 is 5.69 Å². The lowest BCUT2D eigenvalue weighted by Gasteiger charge is -2.14. The Labute approximate surface area is 176 Å². The zero-order valence-electron chi connectivity index (χ0n) is 16.9. The van der Waals surface area contributed by atoms with Crippen molar-refractivity contribution in [1.82, 2.24) is 4.98 Å². The number of pyridine rings is 1. The summed E-state index contributed by atoms with van der Waals surface area (Å²) in [4.78, 5) is 4.65. The van der Waals surface area contributed by atoms with Crippen LogP contribution in [0.15, 0.2) is 91.0 Å². The second-order valence-electron chi connectivity index (χ2n) is 7.12. The molecule has 0 aliphatic rings. The van der Waals surface area contributed by atoms with Gasteiger partial charge in [-0.2, -0.15) is 4.98 Å². The maximum Gasteiger partial charge on any atom is 0.225 e. The largest absolute Gasteiger partial charge is 0.473 e. The minimum Gasteiger partial charge on any atom is -0.473 e. The molecular weight excluding hydrogens is 372 g/mol. The summed E-state index contributed by atoms with van der Waals surface area (Å²) in [6.07, 6.45) is 0. The highest BCUT2D eigenvalue weighted by atomic mass is 16.5. The first kappa shape index (κ1) is 19.5. The topological polar surface area (TPSA) is 57.4 Å². The number of aromatic nitrogens is 1. The summed E-state index contributed by atoms with van der Waals surface area (Å²) >= 11 is 0. The molecule has 0 radical (unpaired) electrons. The van der Waals surface area contributed by atoms with Crippen molar-refractivity contribution in [2.75, 3.05) is 5.73 Å². The van der Waals surface area contributed by atoms with Gasteiger partial charge in [0, 0.05) is 17.3 Å². The molecule has 4 heteroatoms. The number of hydrogen-bond donors (Lipinski definition) is 1. The molecule has 0 amide bonds. The molecule has 4 rings (SSSR count). The van der Waals surface area contributed by atoms with Crippen LogP contribution >= 0.6 is 0 Å². The van der Waals surface area contributed by atoms with Crippen LogP contribution in [0.4, 0.5) is 5.69 Å². The van der Waals surface area contributed by atoms with Gasteiger partial charge in [-0.25, -0.2) is 0 Å². The molecule has 0 aliphatic carbocycles. The van der Waals surface area contributed by atoms with E-state index in [1.54, 1.807) is 0 Å². The lowest BCUT2D eigenvalue weighted by atomic mass is 10.0. The third-order valence-electron chi connectivity index (χ3n) is 4.87. The number of rotatable bonds is 7. The van der Waals surface area contributed by atoms with Gasteiger partial charge in [0.25, 0.3) is 0 Å². The Bertz CT molecular complexity index is 1110. The second kappa shape index (κ2) is 9.14. The van der Waals surface area contributed by atoms with Crippen molar-refractivity contribution in [2.45, 2.75) is 20.1 Å². The fraction of sp³-hybridized carbons (Fsp3) is 0.115. The molecular formula is C26H24N2O2. The second-order valence-corrected chi connectivity index (χ2v) is 7.12. The molecule has 4 aromatic rings. The lowest BCUT2D eigenvalue weighted by Crippen LogP contribution is -2.02. The van der Waals surface area contributed by atoms with Crippen molar-refractivity contribution in [3.8, 4) is 22.9 Å². The zero-order valence-corrected chi connectivity index (χ0v) is 16.9. The first-order valence-corrected chi connectivity index (χ1v) is 9.90. The Balaban J connectivity index is 1.61. The van der Waals surface area contributed by atoms with Crippen molar-refractivity contribution < 1.29 is 9.47 Å². The van der Waals surface area contributed by atoms with Crippen molar-refractivity contribution in [3.05, 3.63) is 108 Å². The van der Waals surface area contributed by atoms with Crippen LogP contribution in [0.2, 0.25) is 0 Å². The van der Waals surface area contributed by atoms with E-state index in [4.69, 9.17) is 15.2 Å². The Hall–Kier alpha value is -3.79. The number of benzene rings is 3. The number of nitrogen functional groups attached to an aromatic ring is 1. The van der Waals surface area contributed by atoms with Gasteiger partial charge in [0.15, 0.2) is 0 Å². The molecule has 4 nitrogen and oxygen atoms in total. The number of anilines is 1. The molecule has 0 saturated heterocycles. The Kier molecular flexibility index (Phi) is 5.95. The monoisotopic (exact) mass is 396 g/mol. The first-order chi connectivity index (χ1) is 14.7. The van der Waals surface area contributed by atoms with Crippen molar-refractivity contribution in [1.29, 1.82) is 0 Å². The fourth-order valence-corrected chi connectivity index (χ4v) is 3.10. The van der Waals surface area contributed by atoms with Gasteiger partial charge in [-0.1, -0.05) is 72.8 Å². The van der Waals surface area contributed by atoms with E-state index in [1.807, 2.05) is 97.9 Å². The van der Waals surface area contributed by atoms with Crippen LogP contribution in [0.1, 0.15) is 16.7 Å². The van der Waals surface area contributed by atoms with E-state index in [2.05, 4.69) is 4.98 Å². The molecule has 3 aromatic carbocycles. The molecule has 30 heavy (non-hydrogen) atoms. The van der Waals surface area contributed by atoms with Crippen LogP contribution in [0.5, 0.6) is 11.8 Å². The van der Waals surface area contributed by atoms with Gasteiger partial charge in [0.2, 0.25) is 11.8 Å². The van der Waals surface area contributed by atoms with E-state index in [-0.39, 0.29) is 0 Å². The minimum absolute atomic E-state index is 0.421. The highest BCUT2D eigenvalue weighted by Gasteiger charge is 2.12.